The third-order valence-corrected chi connectivity index (χ3v) is 16.0. The van der Waals surface area contributed by atoms with Crippen LogP contribution in [0.1, 0.15) is 176 Å². The van der Waals surface area contributed by atoms with Gasteiger partial charge >= 0.3 is 12.1 Å². The molecule has 0 radical (unpaired) electrons. The first kappa shape index (κ1) is 58.0. The molecule has 3 nitrogen and oxygen atoms in total. The molecule has 0 spiro atoms. The van der Waals surface area contributed by atoms with Crippen LogP contribution >= 0.6 is 0 Å². The van der Waals surface area contributed by atoms with Crippen molar-refractivity contribution in [2.75, 3.05) is 0 Å². The third kappa shape index (κ3) is 14.8. The fourth-order valence-corrected chi connectivity index (χ4v) is 11.9. The largest absolute Gasteiger partial charge is 0.499 e. The van der Waals surface area contributed by atoms with Crippen molar-refractivity contribution in [3.8, 4) is 22.6 Å². The van der Waals surface area contributed by atoms with Crippen LogP contribution in [0, 0.1) is 77.1 Å². The monoisotopic (exact) mass is 1050 g/mol. The van der Waals surface area contributed by atoms with Crippen LogP contribution < -0.4 is 9.47 Å². The van der Waals surface area contributed by atoms with E-state index >= 15 is 0 Å². The number of benzene rings is 4. The molecule has 0 atom stereocenters. The van der Waals surface area contributed by atoms with Crippen LogP contribution in [-0.2, 0) is 4.74 Å². The van der Waals surface area contributed by atoms with Gasteiger partial charge in [0.25, 0.3) is 0 Å². The van der Waals surface area contributed by atoms with Crippen molar-refractivity contribution in [3.05, 3.63) is 155 Å². The van der Waals surface area contributed by atoms with Crippen LogP contribution in [-0.4, -0.2) is 6.10 Å². The van der Waals surface area contributed by atoms with Gasteiger partial charge in [0.15, 0.2) is 34.8 Å². The molecule has 404 valence electrons. The second-order valence-electron chi connectivity index (χ2n) is 20.5. The molecular formula is C60H69F11O3. The first-order chi connectivity index (χ1) is 35.5. The van der Waals surface area contributed by atoms with Gasteiger partial charge in [0.05, 0.1) is 24.2 Å². The molecule has 0 aromatic heterocycles. The van der Waals surface area contributed by atoms with Crippen LogP contribution in [0.25, 0.3) is 11.1 Å². The zero-order chi connectivity index (χ0) is 53.6. The molecule has 4 fully saturated rings. The minimum atomic E-state index is -2.90. The van der Waals surface area contributed by atoms with Crippen LogP contribution in [0.3, 0.4) is 0 Å². The highest BCUT2D eigenvalue weighted by Gasteiger charge is 2.33. The highest BCUT2D eigenvalue weighted by molar-refractivity contribution is 5.67. The lowest BCUT2D eigenvalue weighted by atomic mass is 9.69. The van der Waals surface area contributed by atoms with E-state index in [9.17, 15) is 48.3 Å². The normalized spacial score (nSPS) is 23.8. The molecule has 0 amide bonds. The molecule has 0 unspecified atom stereocenters. The summed E-state index contributed by atoms with van der Waals surface area (Å²) in [4.78, 5) is 0. The quantitative estimate of drug-likeness (QED) is 0.0930. The SMILES string of the molecule is C=COC1CCC(C2CCC(c3ccc(C)c(F)c3F)CC2)CC1.C=COc1ccc(C2CCC(CCC)CC2)c(F)c1F.CCC1CCC(c2cc(F)c(-c3cc(F)c(OC(F)=C(F)F)c(F)c3)c(F)c2)CC1. The molecule has 4 aliphatic carbocycles. The zero-order valence-corrected chi connectivity index (χ0v) is 42.6. The van der Waals surface area contributed by atoms with E-state index in [-0.39, 0.29) is 23.5 Å². The van der Waals surface area contributed by atoms with Crippen molar-refractivity contribution in [1.29, 1.82) is 0 Å². The van der Waals surface area contributed by atoms with Crippen LogP contribution in [0.15, 0.2) is 86.3 Å². The molecule has 74 heavy (non-hydrogen) atoms. The Morgan fingerprint density at radius 2 is 1.05 bits per heavy atom. The fourth-order valence-electron chi connectivity index (χ4n) is 11.9. The predicted octanol–water partition coefficient (Wildman–Crippen LogP) is 19.8. The van der Waals surface area contributed by atoms with Crippen molar-refractivity contribution in [2.24, 2.45) is 23.7 Å². The summed E-state index contributed by atoms with van der Waals surface area (Å²) in [5, 5.41) is 0. The van der Waals surface area contributed by atoms with Gasteiger partial charge in [-0.15, -0.1) is 0 Å². The van der Waals surface area contributed by atoms with Crippen molar-refractivity contribution in [3.63, 3.8) is 0 Å². The standard InChI is InChI=1S/C22H19F7O.C21H28F2O.C17H22F2O/c1-2-11-3-5-12(6-4-11)13-7-15(23)19(16(24)8-13)14-9-17(25)20(18(26)10-14)30-22(29)21(27)28;1-3-24-18-11-9-16(10-12-18)15-5-7-17(8-6-15)19-13-4-14(2)20(22)21(19)23;1-3-5-12-6-8-13(9-7-12)14-10-11-15(20-4-2)17(19)16(14)18/h7-12H,2-6H2,1H3;3-4,13,15-18H,1,5-12H2,2H3;4,10-13H,2-3,5-9H2,1H3. The van der Waals surface area contributed by atoms with E-state index in [1.807, 2.05) is 0 Å². The number of rotatable bonds is 14. The highest BCUT2D eigenvalue weighted by Crippen LogP contribution is 2.45. The second kappa shape index (κ2) is 27.5. The number of halogens is 11. The summed E-state index contributed by atoms with van der Waals surface area (Å²) in [6, 6.07) is 7.46. The average molecular weight is 1050 g/mol. The molecule has 8 rings (SSSR count). The van der Waals surface area contributed by atoms with E-state index in [4.69, 9.17) is 9.47 Å². The van der Waals surface area contributed by atoms with Crippen molar-refractivity contribution in [1.82, 2.24) is 0 Å². The molecule has 4 aliphatic rings. The van der Waals surface area contributed by atoms with Crippen molar-refractivity contribution >= 4 is 0 Å². The summed E-state index contributed by atoms with van der Waals surface area (Å²) >= 11 is 0. The Morgan fingerprint density at radius 3 is 1.57 bits per heavy atom. The van der Waals surface area contributed by atoms with Crippen molar-refractivity contribution < 1.29 is 62.5 Å². The summed E-state index contributed by atoms with van der Waals surface area (Å²) < 4.78 is 165. The van der Waals surface area contributed by atoms with Gasteiger partial charge in [-0.1, -0.05) is 64.5 Å². The maximum absolute atomic E-state index is 14.7. The maximum atomic E-state index is 14.7. The van der Waals surface area contributed by atoms with Gasteiger partial charge < -0.3 is 14.2 Å². The summed E-state index contributed by atoms with van der Waals surface area (Å²) in [7, 11) is 0. The lowest BCUT2D eigenvalue weighted by molar-refractivity contribution is 0.0665. The fraction of sp³-hybridized carbons (Fsp3) is 0.500. The molecule has 0 heterocycles. The van der Waals surface area contributed by atoms with Crippen LogP contribution in [0.2, 0.25) is 0 Å². The molecule has 4 saturated carbocycles. The average Bonchev–Trinajstić information content (AvgIpc) is 3.39. The number of hydrogen-bond acceptors (Lipinski definition) is 3. The van der Waals surface area contributed by atoms with E-state index in [0.717, 1.165) is 132 Å². The number of aryl methyl sites for hydroxylation is 1. The van der Waals surface area contributed by atoms with Gasteiger partial charge in [-0.3, -0.25) is 0 Å². The van der Waals surface area contributed by atoms with Gasteiger partial charge in [0, 0.05) is 0 Å². The Bertz CT molecular complexity index is 2480. The smallest absolute Gasteiger partial charge is 0.344 e. The molecule has 0 bridgehead atoms. The minimum Gasteiger partial charge on any atom is -0.499 e. The first-order valence-electron chi connectivity index (χ1n) is 26.3. The summed E-state index contributed by atoms with van der Waals surface area (Å²) in [6.07, 6.45) is 20.2. The molecule has 4 aromatic rings. The summed E-state index contributed by atoms with van der Waals surface area (Å²) in [5.74, 6) is -6.48. The van der Waals surface area contributed by atoms with Crippen molar-refractivity contribution in [2.45, 2.75) is 167 Å². The Balaban J connectivity index is 0.000000185. The third-order valence-electron chi connectivity index (χ3n) is 16.0. The predicted molar refractivity (Wildman–Crippen MR) is 267 cm³/mol. The first-order valence-corrected chi connectivity index (χ1v) is 26.3. The highest BCUT2D eigenvalue weighted by atomic mass is 19.3. The van der Waals surface area contributed by atoms with Crippen LogP contribution in [0.5, 0.6) is 11.5 Å². The van der Waals surface area contributed by atoms with E-state index in [2.05, 4.69) is 31.7 Å². The number of hydrogen-bond donors (Lipinski definition) is 0. The molecule has 0 aliphatic heterocycles. The lowest BCUT2D eigenvalue weighted by Crippen LogP contribution is -2.27. The minimum absolute atomic E-state index is 0.000424. The maximum Gasteiger partial charge on any atom is 0.344 e. The molecule has 4 aromatic carbocycles. The Morgan fingerprint density at radius 1 is 0.554 bits per heavy atom. The molecular weight excluding hydrogens is 978 g/mol. The Hall–Kier alpha value is -5.27. The summed E-state index contributed by atoms with van der Waals surface area (Å²) in [5.41, 5.74) is 0.781. The van der Waals surface area contributed by atoms with Gasteiger partial charge in [0.2, 0.25) is 11.6 Å². The molecule has 0 saturated heterocycles. The second-order valence-corrected chi connectivity index (χ2v) is 20.5. The van der Waals surface area contributed by atoms with Gasteiger partial charge in [-0.05, 0) is 209 Å². The Labute approximate surface area is 429 Å². The van der Waals surface area contributed by atoms with Gasteiger partial charge in [0.1, 0.15) is 11.6 Å². The van der Waals surface area contributed by atoms with Gasteiger partial charge in [-0.2, -0.15) is 17.6 Å². The topological polar surface area (TPSA) is 27.7 Å². The lowest BCUT2D eigenvalue weighted by Gasteiger charge is -2.37. The van der Waals surface area contributed by atoms with E-state index < -0.39 is 75.5 Å². The number of ether oxygens (including phenoxy) is 3. The Kier molecular flexibility index (Phi) is 21.6. The summed E-state index contributed by atoms with van der Waals surface area (Å²) in [6.45, 7) is 12.9. The molecule has 0 N–H and O–H groups in total. The van der Waals surface area contributed by atoms with Crippen LogP contribution in [0.4, 0.5) is 48.3 Å². The zero-order valence-electron chi connectivity index (χ0n) is 42.6. The van der Waals surface area contributed by atoms with E-state index in [0.29, 0.717) is 46.4 Å². The molecule has 14 heteroatoms. The van der Waals surface area contributed by atoms with Gasteiger partial charge in [-0.25, -0.2) is 30.7 Å². The van der Waals surface area contributed by atoms with E-state index in [1.165, 1.54) is 31.7 Å². The van der Waals surface area contributed by atoms with E-state index in [1.54, 1.807) is 31.4 Å².